The van der Waals surface area contributed by atoms with Crippen molar-refractivity contribution in [3.05, 3.63) is 138 Å². The van der Waals surface area contributed by atoms with Crippen molar-refractivity contribution in [1.29, 1.82) is 0 Å². The van der Waals surface area contributed by atoms with E-state index in [0.717, 1.165) is 40.3 Å². The maximum absolute atomic E-state index is 6.23. The first-order chi connectivity index (χ1) is 16.3. The van der Waals surface area contributed by atoms with E-state index in [1.807, 2.05) is 54.7 Å². The van der Waals surface area contributed by atoms with E-state index in [-0.39, 0.29) is 0 Å². The van der Waals surface area contributed by atoms with Crippen LogP contribution in [0, 0.1) is 0 Å². The summed E-state index contributed by atoms with van der Waals surface area (Å²) in [4.78, 5) is 4.65. The number of hydrogen-bond donors (Lipinski definition) is 0. The summed E-state index contributed by atoms with van der Waals surface area (Å²) >= 11 is 0. The Morgan fingerprint density at radius 1 is 0.545 bits per heavy atom. The van der Waals surface area contributed by atoms with E-state index in [0.29, 0.717) is 13.2 Å². The van der Waals surface area contributed by atoms with Gasteiger partial charge in [0, 0.05) is 18.0 Å². The zero-order chi connectivity index (χ0) is 22.3. The van der Waals surface area contributed by atoms with Crippen LogP contribution in [0.2, 0.25) is 0 Å². The van der Waals surface area contributed by atoms with Crippen molar-refractivity contribution >= 4 is 10.8 Å². The van der Waals surface area contributed by atoms with Crippen LogP contribution in [0.3, 0.4) is 0 Å². The van der Waals surface area contributed by atoms with Crippen molar-refractivity contribution in [1.82, 2.24) is 4.98 Å². The van der Waals surface area contributed by atoms with Gasteiger partial charge < -0.3 is 9.47 Å². The second-order valence-electron chi connectivity index (χ2n) is 7.99. The van der Waals surface area contributed by atoms with Gasteiger partial charge in [0.15, 0.2) is 11.5 Å². The molecule has 162 valence electrons. The maximum Gasteiger partial charge on any atom is 0.161 e. The highest BCUT2D eigenvalue weighted by Gasteiger charge is 2.10. The molecule has 0 bridgehead atoms. The predicted octanol–water partition coefficient (Wildman–Crippen LogP) is 6.98. The summed E-state index contributed by atoms with van der Waals surface area (Å²) in [6, 6.07) is 36.9. The number of nitrogens with zero attached hydrogens (tertiary/aromatic N) is 1. The van der Waals surface area contributed by atoms with Crippen LogP contribution < -0.4 is 9.47 Å². The topological polar surface area (TPSA) is 31.4 Å². The Morgan fingerprint density at radius 2 is 1.18 bits per heavy atom. The van der Waals surface area contributed by atoms with Crippen LogP contribution in [-0.4, -0.2) is 4.98 Å². The maximum atomic E-state index is 6.23. The van der Waals surface area contributed by atoms with Gasteiger partial charge in [0.05, 0.1) is 5.69 Å². The zero-order valence-electron chi connectivity index (χ0n) is 18.4. The van der Waals surface area contributed by atoms with Gasteiger partial charge in [0.1, 0.15) is 13.2 Å². The standard InChI is InChI=1S/C30H25NO2/c1-3-9-23(10-4-1)21-32-29-16-15-25(20-30(29)33-22-24-11-5-2-6-12-24)19-28-27-14-8-7-13-26(27)17-18-31-28/h1-18,20H,19,21-22H2. The highest BCUT2D eigenvalue weighted by Crippen LogP contribution is 2.31. The van der Waals surface area contributed by atoms with Gasteiger partial charge >= 0.3 is 0 Å². The molecule has 5 rings (SSSR count). The van der Waals surface area contributed by atoms with E-state index in [1.54, 1.807) is 0 Å². The van der Waals surface area contributed by atoms with E-state index in [9.17, 15) is 0 Å². The molecule has 0 aliphatic heterocycles. The molecule has 1 heterocycles. The molecule has 0 aliphatic rings. The lowest BCUT2D eigenvalue weighted by atomic mass is 10.0. The van der Waals surface area contributed by atoms with Crippen molar-refractivity contribution in [3.8, 4) is 11.5 Å². The first kappa shape index (κ1) is 20.8. The smallest absolute Gasteiger partial charge is 0.161 e. The number of pyridine rings is 1. The molecule has 0 N–H and O–H groups in total. The molecule has 0 radical (unpaired) electrons. The molecular weight excluding hydrogens is 406 g/mol. The van der Waals surface area contributed by atoms with Gasteiger partial charge in [-0.15, -0.1) is 0 Å². The molecule has 4 aromatic carbocycles. The fourth-order valence-corrected chi connectivity index (χ4v) is 3.88. The third kappa shape index (κ3) is 5.21. The summed E-state index contributed by atoms with van der Waals surface area (Å²) in [5.41, 5.74) is 4.43. The molecule has 0 fully saturated rings. The van der Waals surface area contributed by atoms with Crippen molar-refractivity contribution in [3.63, 3.8) is 0 Å². The Bertz CT molecular complexity index is 1330. The lowest BCUT2D eigenvalue weighted by molar-refractivity contribution is 0.255. The largest absolute Gasteiger partial charge is 0.485 e. The lowest BCUT2D eigenvalue weighted by Crippen LogP contribution is -2.02. The average Bonchev–Trinajstić information content (AvgIpc) is 2.88. The highest BCUT2D eigenvalue weighted by molar-refractivity contribution is 5.84. The molecule has 0 amide bonds. The van der Waals surface area contributed by atoms with Crippen LogP contribution in [0.5, 0.6) is 11.5 Å². The van der Waals surface area contributed by atoms with Crippen LogP contribution in [0.4, 0.5) is 0 Å². The Hall–Kier alpha value is -4.11. The third-order valence-corrected chi connectivity index (χ3v) is 5.61. The lowest BCUT2D eigenvalue weighted by Gasteiger charge is -2.15. The van der Waals surface area contributed by atoms with Gasteiger partial charge in [-0.05, 0) is 40.3 Å². The molecule has 0 saturated carbocycles. The molecule has 3 heteroatoms. The average molecular weight is 432 g/mol. The minimum Gasteiger partial charge on any atom is -0.485 e. The minimum absolute atomic E-state index is 0.485. The number of fused-ring (bicyclic) bond motifs is 1. The van der Waals surface area contributed by atoms with Crippen molar-refractivity contribution < 1.29 is 9.47 Å². The SMILES string of the molecule is c1ccc(COc2ccc(Cc3nccc4ccccc34)cc2OCc2ccccc2)cc1. The molecule has 5 aromatic rings. The quantitative estimate of drug-likeness (QED) is 0.265. The van der Waals surface area contributed by atoms with Gasteiger partial charge in [0.2, 0.25) is 0 Å². The molecule has 0 atom stereocenters. The first-order valence-electron chi connectivity index (χ1n) is 11.1. The van der Waals surface area contributed by atoms with E-state index in [4.69, 9.17) is 9.47 Å². The molecular formula is C30H25NO2. The fraction of sp³-hybridized carbons (Fsp3) is 0.100. The second kappa shape index (κ2) is 10.0. The summed E-state index contributed by atoms with van der Waals surface area (Å²) in [5.74, 6) is 1.48. The number of ether oxygens (including phenoxy) is 2. The van der Waals surface area contributed by atoms with E-state index in [2.05, 4.69) is 65.6 Å². The molecule has 0 unspecified atom stereocenters. The van der Waals surface area contributed by atoms with Crippen LogP contribution in [0.15, 0.2) is 115 Å². The fourth-order valence-electron chi connectivity index (χ4n) is 3.88. The number of benzene rings is 4. The van der Waals surface area contributed by atoms with Crippen LogP contribution in [0.1, 0.15) is 22.4 Å². The normalized spacial score (nSPS) is 10.8. The van der Waals surface area contributed by atoms with Crippen molar-refractivity contribution in [2.75, 3.05) is 0 Å². The van der Waals surface area contributed by atoms with Crippen molar-refractivity contribution in [2.24, 2.45) is 0 Å². The molecule has 33 heavy (non-hydrogen) atoms. The van der Waals surface area contributed by atoms with Gasteiger partial charge in [-0.25, -0.2) is 0 Å². The van der Waals surface area contributed by atoms with Gasteiger partial charge in [0.25, 0.3) is 0 Å². The van der Waals surface area contributed by atoms with Crippen LogP contribution >= 0.6 is 0 Å². The molecule has 3 nitrogen and oxygen atoms in total. The summed E-state index contributed by atoms with van der Waals surface area (Å²) in [6.07, 6.45) is 2.60. The summed E-state index contributed by atoms with van der Waals surface area (Å²) < 4.78 is 12.4. The van der Waals surface area contributed by atoms with E-state index in [1.165, 1.54) is 10.8 Å². The van der Waals surface area contributed by atoms with E-state index < -0.39 is 0 Å². The second-order valence-corrected chi connectivity index (χ2v) is 7.99. The Morgan fingerprint density at radius 3 is 1.91 bits per heavy atom. The molecule has 0 spiro atoms. The molecule has 1 aromatic heterocycles. The predicted molar refractivity (Wildman–Crippen MR) is 133 cm³/mol. The van der Waals surface area contributed by atoms with Gasteiger partial charge in [-0.1, -0.05) is 91.0 Å². The summed E-state index contributed by atoms with van der Waals surface area (Å²) in [5, 5.41) is 2.38. The molecule has 0 aliphatic carbocycles. The monoisotopic (exact) mass is 431 g/mol. The Balaban J connectivity index is 1.41. The summed E-state index contributed by atoms with van der Waals surface area (Å²) in [7, 11) is 0. The summed E-state index contributed by atoms with van der Waals surface area (Å²) in [6.45, 7) is 0.977. The zero-order valence-corrected chi connectivity index (χ0v) is 18.4. The van der Waals surface area contributed by atoms with E-state index >= 15 is 0 Å². The number of aromatic nitrogens is 1. The van der Waals surface area contributed by atoms with Gasteiger partial charge in [-0.2, -0.15) is 0 Å². The minimum atomic E-state index is 0.485. The van der Waals surface area contributed by atoms with Crippen LogP contribution in [-0.2, 0) is 19.6 Å². The van der Waals surface area contributed by atoms with Gasteiger partial charge in [-0.3, -0.25) is 4.98 Å². The molecule has 0 saturated heterocycles. The third-order valence-electron chi connectivity index (χ3n) is 5.61. The first-order valence-corrected chi connectivity index (χ1v) is 11.1. The highest BCUT2D eigenvalue weighted by atomic mass is 16.5. The number of rotatable bonds is 8. The number of hydrogen-bond acceptors (Lipinski definition) is 3. The Kier molecular flexibility index (Phi) is 6.30. The Labute approximate surface area is 194 Å². The van der Waals surface area contributed by atoms with Crippen LogP contribution in [0.25, 0.3) is 10.8 Å². The van der Waals surface area contributed by atoms with Crippen molar-refractivity contribution in [2.45, 2.75) is 19.6 Å².